The van der Waals surface area contributed by atoms with Crippen LogP contribution in [0.25, 0.3) is 0 Å². The Kier molecular flexibility index (Phi) is 6.48. The number of halogens is 3. The molecule has 0 radical (unpaired) electrons. The van der Waals surface area contributed by atoms with Gasteiger partial charge in [-0.1, -0.05) is 18.5 Å². The first-order valence-electron chi connectivity index (χ1n) is 6.02. The van der Waals surface area contributed by atoms with Gasteiger partial charge in [0, 0.05) is 29.8 Å². The third-order valence-corrected chi connectivity index (χ3v) is 2.97. The number of rotatable bonds is 7. The number of ether oxygens (including phenoxy) is 1. The molecule has 0 heterocycles. The van der Waals surface area contributed by atoms with Crippen molar-refractivity contribution in [3.05, 3.63) is 28.8 Å². The SMILES string of the molecule is CC(CO)CNC(C)c1cc(Cl)ccc1OC(F)F. The number of nitrogens with one attached hydrogen (secondary N) is 1. The van der Waals surface area contributed by atoms with E-state index in [0.29, 0.717) is 17.1 Å². The van der Waals surface area contributed by atoms with Crippen molar-refractivity contribution in [2.75, 3.05) is 13.2 Å². The van der Waals surface area contributed by atoms with Crippen LogP contribution in [0.3, 0.4) is 0 Å². The number of aliphatic hydroxyl groups excluding tert-OH is 1. The molecule has 0 aliphatic carbocycles. The number of hydrogen-bond acceptors (Lipinski definition) is 3. The predicted molar refractivity (Wildman–Crippen MR) is 70.8 cm³/mol. The van der Waals surface area contributed by atoms with Crippen molar-refractivity contribution in [3.63, 3.8) is 0 Å². The molecule has 0 aliphatic heterocycles. The van der Waals surface area contributed by atoms with Crippen LogP contribution < -0.4 is 10.1 Å². The lowest BCUT2D eigenvalue weighted by atomic mass is 10.1. The van der Waals surface area contributed by atoms with Gasteiger partial charge in [-0.3, -0.25) is 0 Å². The predicted octanol–water partition coefficient (Wildman–Crippen LogP) is 3.22. The first-order chi connectivity index (χ1) is 8.93. The highest BCUT2D eigenvalue weighted by molar-refractivity contribution is 6.30. The maximum Gasteiger partial charge on any atom is 0.387 e. The molecule has 3 nitrogen and oxygen atoms in total. The second-order valence-corrected chi connectivity index (χ2v) is 4.91. The smallest absolute Gasteiger partial charge is 0.387 e. The van der Waals surface area contributed by atoms with E-state index in [-0.39, 0.29) is 24.3 Å². The van der Waals surface area contributed by atoms with E-state index in [1.807, 2.05) is 13.8 Å². The number of hydrogen-bond donors (Lipinski definition) is 2. The van der Waals surface area contributed by atoms with Crippen LogP contribution in [-0.2, 0) is 0 Å². The molecular formula is C13H18ClF2NO2. The zero-order chi connectivity index (χ0) is 14.4. The van der Waals surface area contributed by atoms with Crippen LogP contribution in [0.4, 0.5) is 8.78 Å². The van der Waals surface area contributed by atoms with E-state index in [1.165, 1.54) is 12.1 Å². The minimum atomic E-state index is -2.87. The standard InChI is InChI=1S/C13H18ClF2NO2/c1-8(7-18)6-17-9(2)11-5-10(14)3-4-12(11)19-13(15)16/h3-5,8-9,13,17-18H,6-7H2,1-2H3. The fourth-order valence-electron chi connectivity index (χ4n) is 1.61. The van der Waals surface area contributed by atoms with Crippen LogP contribution in [0.1, 0.15) is 25.5 Å². The maximum atomic E-state index is 12.3. The molecule has 0 fully saturated rings. The minimum Gasteiger partial charge on any atom is -0.434 e. The molecular weight excluding hydrogens is 276 g/mol. The van der Waals surface area contributed by atoms with Crippen LogP contribution in [0.5, 0.6) is 5.75 Å². The van der Waals surface area contributed by atoms with E-state index in [1.54, 1.807) is 6.07 Å². The minimum absolute atomic E-state index is 0.0651. The average molecular weight is 294 g/mol. The summed E-state index contributed by atoms with van der Waals surface area (Å²) >= 11 is 5.88. The monoisotopic (exact) mass is 293 g/mol. The fourth-order valence-corrected chi connectivity index (χ4v) is 1.79. The van der Waals surface area contributed by atoms with Crippen LogP contribution in [0.2, 0.25) is 5.02 Å². The first kappa shape index (κ1) is 16.1. The summed E-state index contributed by atoms with van der Waals surface area (Å²) in [5.41, 5.74) is 0.568. The van der Waals surface area contributed by atoms with Gasteiger partial charge in [0.05, 0.1) is 0 Å². The Morgan fingerprint density at radius 3 is 2.63 bits per heavy atom. The van der Waals surface area contributed by atoms with Gasteiger partial charge in [-0.25, -0.2) is 0 Å². The molecule has 2 unspecified atom stereocenters. The van der Waals surface area contributed by atoms with Gasteiger partial charge in [0.2, 0.25) is 0 Å². The van der Waals surface area contributed by atoms with Gasteiger partial charge in [0.1, 0.15) is 5.75 Å². The Balaban J connectivity index is 2.81. The summed E-state index contributed by atoms with van der Waals surface area (Å²) in [5.74, 6) is 0.192. The van der Waals surface area contributed by atoms with Crippen molar-refractivity contribution in [2.24, 2.45) is 5.92 Å². The largest absolute Gasteiger partial charge is 0.434 e. The highest BCUT2D eigenvalue weighted by Crippen LogP contribution is 2.29. The lowest BCUT2D eigenvalue weighted by Crippen LogP contribution is -2.26. The van der Waals surface area contributed by atoms with E-state index < -0.39 is 6.61 Å². The number of alkyl halides is 2. The summed E-state index contributed by atoms with van der Waals surface area (Å²) < 4.78 is 29.1. The Labute approximate surface area is 116 Å². The van der Waals surface area contributed by atoms with Gasteiger partial charge in [0.15, 0.2) is 0 Å². The van der Waals surface area contributed by atoms with Crippen molar-refractivity contribution >= 4 is 11.6 Å². The van der Waals surface area contributed by atoms with Crippen molar-refractivity contribution in [3.8, 4) is 5.75 Å². The molecule has 108 valence electrons. The third-order valence-electron chi connectivity index (χ3n) is 2.74. The molecule has 0 aromatic heterocycles. The molecule has 1 rings (SSSR count). The molecule has 0 amide bonds. The molecule has 2 N–H and O–H groups in total. The molecule has 2 atom stereocenters. The summed E-state index contributed by atoms with van der Waals surface area (Å²) in [6.07, 6.45) is 0. The quantitative estimate of drug-likeness (QED) is 0.811. The maximum absolute atomic E-state index is 12.3. The van der Waals surface area contributed by atoms with Crippen molar-refractivity contribution in [1.82, 2.24) is 5.32 Å². The Bertz CT molecular complexity index is 404. The molecule has 0 aliphatic rings. The second kappa shape index (κ2) is 7.62. The van der Waals surface area contributed by atoms with E-state index in [4.69, 9.17) is 16.7 Å². The number of aliphatic hydroxyl groups is 1. The zero-order valence-electron chi connectivity index (χ0n) is 10.9. The van der Waals surface area contributed by atoms with Gasteiger partial charge in [-0.15, -0.1) is 0 Å². The average Bonchev–Trinajstić information content (AvgIpc) is 2.37. The first-order valence-corrected chi connectivity index (χ1v) is 6.40. The van der Waals surface area contributed by atoms with Crippen molar-refractivity contribution in [2.45, 2.75) is 26.5 Å². The topological polar surface area (TPSA) is 41.5 Å². The molecule has 0 spiro atoms. The highest BCUT2D eigenvalue weighted by atomic mass is 35.5. The summed E-state index contributed by atoms with van der Waals surface area (Å²) in [4.78, 5) is 0. The lowest BCUT2D eigenvalue weighted by Gasteiger charge is -2.20. The molecule has 0 bridgehead atoms. The van der Waals surface area contributed by atoms with Gasteiger partial charge in [-0.2, -0.15) is 8.78 Å². The zero-order valence-corrected chi connectivity index (χ0v) is 11.6. The van der Waals surface area contributed by atoms with Gasteiger partial charge in [-0.05, 0) is 31.0 Å². The van der Waals surface area contributed by atoms with Gasteiger partial charge < -0.3 is 15.2 Å². The normalized spacial score (nSPS) is 14.5. The Hall–Kier alpha value is -0.910. The van der Waals surface area contributed by atoms with Crippen LogP contribution in [0.15, 0.2) is 18.2 Å². The number of benzene rings is 1. The lowest BCUT2D eigenvalue weighted by molar-refractivity contribution is -0.0506. The van der Waals surface area contributed by atoms with Gasteiger partial charge in [0.25, 0.3) is 0 Å². The van der Waals surface area contributed by atoms with E-state index in [2.05, 4.69) is 10.1 Å². The van der Waals surface area contributed by atoms with Crippen LogP contribution in [-0.4, -0.2) is 24.9 Å². The fraction of sp³-hybridized carbons (Fsp3) is 0.538. The van der Waals surface area contributed by atoms with E-state index in [9.17, 15) is 8.78 Å². The highest BCUT2D eigenvalue weighted by Gasteiger charge is 2.16. The third kappa shape index (κ3) is 5.30. The van der Waals surface area contributed by atoms with Gasteiger partial charge >= 0.3 is 6.61 Å². The van der Waals surface area contributed by atoms with E-state index in [0.717, 1.165) is 0 Å². The molecule has 0 saturated heterocycles. The van der Waals surface area contributed by atoms with Crippen molar-refractivity contribution in [1.29, 1.82) is 0 Å². The molecule has 1 aromatic rings. The Morgan fingerprint density at radius 1 is 1.37 bits per heavy atom. The second-order valence-electron chi connectivity index (χ2n) is 4.48. The molecule has 0 saturated carbocycles. The molecule has 19 heavy (non-hydrogen) atoms. The van der Waals surface area contributed by atoms with Crippen LogP contribution >= 0.6 is 11.6 Å². The Morgan fingerprint density at radius 2 is 2.05 bits per heavy atom. The summed E-state index contributed by atoms with van der Waals surface area (Å²) in [5, 5.41) is 12.6. The van der Waals surface area contributed by atoms with Crippen molar-refractivity contribution < 1.29 is 18.6 Å². The summed E-state index contributed by atoms with van der Waals surface area (Å²) in [6, 6.07) is 4.32. The summed E-state index contributed by atoms with van der Waals surface area (Å²) in [6.45, 7) is 1.47. The molecule has 1 aromatic carbocycles. The summed E-state index contributed by atoms with van der Waals surface area (Å²) in [7, 11) is 0. The van der Waals surface area contributed by atoms with Crippen LogP contribution in [0, 0.1) is 5.92 Å². The van der Waals surface area contributed by atoms with E-state index >= 15 is 0 Å². The molecule has 6 heteroatoms.